The number of carbonyl (C=O) groups is 1. The van der Waals surface area contributed by atoms with Crippen LogP contribution in [0.1, 0.15) is 29.3 Å². The van der Waals surface area contributed by atoms with Crippen molar-refractivity contribution in [3.8, 4) is 17.2 Å². The van der Waals surface area contributed by atoms with Crippen molar-refractivity contribution in [3.05, 3.63) is 53.6 Å². The molecule has 0 spiro atoms. The largest absolute Gasteiger partial charge is 0.508 e. The summed E-state index contributed by atoms with van der Waals surface area (Å²) in [5.41, 5.74) is 4.41. The summed E-state index contributed by atoms with van der Waals surface area (Å²) in [4.78, 5) is 12.0. The summed E-state index contributed by atoms with van der Waals surface area (Å²) in [6, 6.07) is 11.5. The van der Waals surface area contributed by atoms with Gasteiger partial charge in [0.25, 0.3) is 5.91 Å². The van der Waals surface area contributed by atoms with Crippen molar-refractivity contribution in [2.45, 2.75) is 13.3 Å². The molecule has 0 unspecified atom stereocenters. The van der Waals surface area contributed by atoms with E-state index in [4.69, 9.17) is 9.47 Å². The van der Waals surface area contributed by atoms with Crippen molar-refractivity contribution in [3.63, 3.8) is 0 Å². The first-order valence-corrected chi connectivity index (χ1v) is 7.67. The highest BCUT2D eigenvalue weighted by Gasteiger charge is 2.12. The van der Waals surface area contributed by atoms with Crippen LogP contribution in [0.2, 0.25) is 0 Å². The van der Waals surface area contributed by atoms with E-state index in [1.165, 1.54) is 24.3 Å². The van der Waals surface area contributed by atoms with Gasteiger partial charge in [-0.3, -0.25) is 4.79 Å². The van der Waals surface area contributed by atoms with Gasteiger partial charge in [0.15, 0.2) is 11.5 Å². The van der Waals surface area contributed by atoms with E-state index in [-0.39, 0.29) is 11.7 Å². The molecule has 0 atom stereocenters. The van der Waals surface area contributed by atoms with E-state index in [1.807, 2.05) is 18.2 Å². The number of phenols is 1. The van der Waals surface area contributed by atoms with Gasteiger partial charge < -0.3 is 14.6 Å². The van der Waals surface area contributed by atoms with Gasteiger partial charge in [0.1, 0.15) is 5.75 Å². The van der Waals surface area contributed by atoms with Crippen LogP contribution in [0.3, 0.4) is 0 Å². The Morgan fingerprint density at radius 3 is 2.46 bits per heavy atom. The van der Waals surface area contributed by atoms with E-state index in [0.717, 1.165) is 17.7 Å². The number of carbonyl (C=O) groups excluding carboxylic acids is 1. The van der Waals surface area contributed by atoms with Gasteiger partial charge in [-0.1, -0.05) is 0 Å². The molecule has 6 heteroatoms. The van der Waals surface area contributed by atoms with Crippen LogP contribution in [0.5, 0.6) is 17.2 Å². The van der Waals surface area contributed by atoms with Crippen molar-refractivity contribution < 1.29 is 19.4 Å². The first kappa shape index (κ1) is 15.9. The van der Waals surface area contributed by atoms with Crippen LogP contribution in [0.25, 0.3) is 0 Å². The molecule has 0 radical (unpaired) electrons. The highest BCUT2D eigenvalue weighted by Crippen LogP contribution is 2.30. The van der Waals surface area contributed by atoms with E-state index in [2.05, 4.69) is 10.5 Å². The Kier molecular flexibility index (Phi) is 4.65. The first-order chi connectivity index (χ1) is 11.6. The van der Waals surface area contributed by atoms with Crippen molar-refractivity contribution >= 4 is 11.6 Å². The number of nitrogens with zero attached hydrogens (tertiary/aromatic N) is 1. The van der Waals surface area contributed by atoms with E-state index < -0.39 is 0 Å². The van der Waals surface area contributed by atoms with Gasteiger partial charge in [-0.25, -0.2) is 5.43 Å². The lowest BCUT2D eigenvalue weighted by molar-refractivity contribution is 0.0955. The van der Waals surface area contributed by atoms with Crippen molar-refractivity contribution in [2.24, 2.45) is 5.10 Å². The van der Waals surface area contributed by atoms with Gasteiger partial charge in [0.2, 0.25) is 0 Å². The number of fused-ring (bicyclic) bond motifs is 1. The van der Waals surface area contributed by atoms with E-state index in [9.17, 15) is 9.90 Å². The second-order valence-electron chi connectivity index (χ2n) is 5.40. The SMILES string of the molecule is C/C(=N/NC(=O)c1ccc(O)cc1)c1ccc2c(c1)OCCCO2. The fourth-order valence-corrected chi connectivity index (χ4v) is 2.26. The van der Waals surface area contributed by atoms with Gasteiger partial charge in [-0.15, -0.1) is 0 Å². The van der Waals surface area contributed by atoms with Crippen LogP contribution in [0, 0.1) is 0 Å². The second kappa shape index (κ2) is 7.04. The molecule has 0 aliphatic carbocycles. The number of hydrogen-bond acceptors (Lipinski definition) is 5. The van der Waals surface area contributed by atoms with Crippen LogP contribution in [0.15, 0.2) is 47.6 Å². The minimum absolute atomic E-state index is 0.110. The number of amides is 1. The number of phenolic OH excluding ortho intramolecular Hbond substituents is 1. The zero-order chi connectivity index (χ0) is 16.9. The zero-order valence-corrected chi connectivity index (χ0v) is 13.3. The minimum atomic E-state index is -0.344. The fourth-order valence-electron chi connectivity index (χ4n) is 2.26. The third kappa shape index (κ3) is 3.65. The van der Waals surface area contributed by atoms with Gasteiger partial charge in [-0.05, 0) is 49.4 Å². The quantitative estimate of drug-likeness (QED) is 0.671. The summed E-state index contributed by atoms with van der Waals surface area (Å²) in [6.45, 7) is 3.06. The average Bonchev–Trinajstić information content (AvgIpc) is 2.84. The molecule has 1 amide bonds. The number of hydrogen-bond donors (Lipinski definition) is 2. The smallest absolute Gasteiger partial charge is 0.271 e. The number of aromatic hydroxyl groups is 1. The normalized spacial score (nSPS) is 14.0. The van der Waals surface area contributed by atoms with E-state index in [1.54, 1.807) is 6.92 Å². The molecule has 1 aliphatic rings. The molecule has 2 N–H and O–H groups in total. The predicted molar refractivity (Wildman–Crippen MR) is 89.8 cm³/mol. The van der Waals surface area contributed by atoms with Gasteiger partial charge in [0, 0.05) is 17.5 Å². The van der Waals surface area contributed by atoms with Gasteiger partial charge >= 0.3 is 0 Å². The third-order valence-corrected chi connectivity index (χ3v) is 3.62. The van der Waals surface area contributed by atoms with Crippen molar-refractivity contribution in [2.75, 3.05) is 13.2 Å². The number of rotatable bonds is 3. The monoisotopic (exact) mass is 326 g/mol. The molecule has 0 fully saturated rings. The maximum absolute atomic E-state index is 12.0. The fraction of sp³-hybridized carbons (Fsp3) is 0.222. The topological polar surface area (TPSA) is 80.2 Å². The Balaban J connectivity index is 1.72. The molecule has 1 aliphatic heterocycles. The lowest BCUT2D eigenvalue weighted by Gasteiger charge is -2.09. The lowest BCUT2D eigenvalue weighted by atomic mass is 10.1. The highest BCUT2D eigenvalue weighted by atomic mass is 16.5. The predicted octanol–water partition coefficient (Wildman–Crippen LogP) is 2.71. The minimum Gasteiger partial charge on any atom is -0.508 e. The van der Waals surface area contributed by atoms with Crippen LogP contribution in [-0.4, -0.2) is 29.9 Å². The van der Waals surface area contributed by atoms with E-state index >= 15 is 0 Å². The molecule has 124 valence electrons. The molecule has 24 heavy (non-hydrogen) atoms. The summed E-state index contributed by atoms with van der Waals surface area (Å²) in [5.74, 6) is 1.17. The van der Waals surface area contributed by atoms with Gasteiger partial charge in [0.05, 0.1) is 18.9 Å². The van der Waals surface area contributed by atoms with Gasteiger partial charge in [-0.2, -0.15) is 5.10 Å². The van der Waals surface area contributed by atoms with Crippen LogP contribution in [0.4, 0.5) is 0 Å². The highest BCUT2D eigenvalue weighted by molar-refractivity contribution is 6.01. The lowest BCUT2D eigenvalue weighted by Crippen LogP contribution is -2.19. The maximum atomic E-state index is 12.0. The molecule has 0 saturated heterocycles. The molecule has 2 aromatic rings. The number of benzene rings is 2. The molecule has 2 aromatic carbocycles. The Morgan fingerprint density at radius 2 is 1.71 bits per heavy atom. The number of hydrazone groups is 1. The standard InChI is InChI=1S/C18H18N2O4/c1-12(19-20-18(22)13-3-6-15(21)7-4-13)14-5-8-16-17(11-14)24-10-2-9-23-16/h3-8,11,21H,2,9-10H2,1H3,(H,20,22)/b19-12-. The molecule has 3 rings (SSSR count). The molecule has 6 nitrogen and oxygen atoms in total. The molecule has 0 bridgehead atoms. The third-order valence-electron chi connectivity index (χ3n) is 3.62. The van der Waals surface area contributed by atoms with E-state index in [0.29, 0.717) is 30.2 Å². The molecular formula is C18H18N2O4. The first-order valence-electron chi connectivity index (χ1n) is 7.67. The number of nitrogens with one attached hydrogen (secondary N) is 1. The Bertz CT molecular complexity index is 769. The summed E-state index contributed by atoms with van der Waals surface area (Å²) < 4.78 is 11.2. The summed E-state index contributed by atoms with van der Waals surface area (Å²) >= 11 is 0. The summed E-state index contributed by atoms with van der Waals surface area (Å²) in [5, 5.41) is 13.4. The second-order valence-corrected chi connectivity index (χ2v) is 5.40. The van der Waals surface area contributed by atoms with Crippen LogP contribution >= 0.6 is 0 Å². The molecular weight excluding hydrogens is 308 g/mol. The molecule has 0 aromatic heterocycles. The van der Waals surface area contributed by atoms with Crippen LogP contribution in [-0.2, 0) is 0 Å². The molecule has 1 heterocycles. The summed E-state index contributed by atoms with van der Waals surface area (Å²) in [7, 11) is 0. The summed E-state index contributed by atoms with van der Waals surface area (Å²) in [6.07, 6.45) is 0.847. The van der Waals surface area contributed by atoms with Crippen molar-refractivity contribution in [1.82, 2.24) is 5.43 Å². The average molecular weight is 326 g/mol. The maximum Gasteiger partial charge on any atom is 0.271 e. The zero-order valence-electron chi connectivity index (χ0n) is 13.3. The Labute approximate surface area is 139 Å². The Morgan fingerprint density at radius 1 is 1.04 bits per heavy atom. The number of ether oxygens (including phenoxy) is 2. The van der Waals surface area contributed by atoms with Crippen LogP contribution < -0.4 is 14.9 Å². The Hall–Kier alpha value is -3.02. The molecule has 0 saturated carbocycles. The van der Waals surface area contributed by atoms with Crippen molar-refractivity contribution in [1.29, 1.82) is 0 Å².